The van der Waals surface area contributed by atoms with Crippen molar-refractivity contribution >= 4 is 23.5 Å². The smallest absolute Gasteiger partial charge is 0.308 e. The molecule has 5 heteroatoms. The van der Waals surface area contributed by atoms with E-state index < -0.39 is 11.9 Å². The summed E-state index contributed by atoms with van der Waals surface area (Å²) in [5.74, 6) is -1.58. The van der Waals surface area contributed by atoms with Crippen LogP contribution in [-0.2, 0) is 16.0 Å². The van der Waals surface area contributed by atoms with Crippen molar-refractivity contribution in [3.63, 3.8) is 0 Å². The van der Waals surface area contributed by atoms with Gasteiger partial charge in [-0.05, 0) is 18.6 Å². The molecule has 0 fully saturated rings. The first-order valence-corrected chi connectivity index (χ1v) is 6.57. The zero-order valence-electron chi connectivity index (χ0n) is 11.1. The summed E-state index contributed by atoms with van der Waals surface area (Å²) in [5.41, 5.74) is 0.760. The molecule has 1 amide bonds. The Bertz CT molecular complexity index is 462. The molecular formula is C14H18ClNO3. The van der Waals surface area contributed by atoms with Gasteiger partial charge >= 0.3 is 5.97 Å². The number of amides is 1. The van der Waals surface area contributed by atoms with Crippen LogP contribution in [0.4, 0.5) is 0 Å². The van der Waals surface area contributed by atoms with Crippen LogP contribution in [0.1, 0.15) is 19.4 Å². The fraction of sp³-hybridized carbons (Fsp3) is 0.429. The maximum atomic E-state index is 12.1. The van der Waals surface area contributed by atoms with Crippen LogP contribution in [0.2, 0.25) is 5.02 Å². The molecule has 4 nitrogen and oxygen atoms in total. The zero-order valence-corrected chi connectivity index (χ0v) is 11.9. The Kier molecular flexibility index (Phi) is 5.83. The maximum absolute atomic E-state index is 12.1. The predicted octanol–water partition coefficient (Wildman–Crippen LogP) is 2.45. The van der Waals surface area contributed by atoms with Crippen molar-refractivity contribution in [2.75, 3.05) is 13.1 Å². The second-order valence-electron chi connectivity index (χ2n) is 4.44. The average Bonchev–Trinajstić information content (AvgIpc) is 2.38. The van der Waals surface area contributed by atoms with Crippen molar-refractivity contribution in [3.8, 4) is 0 Å². The highest BCUT2D eigenvalue weighted by atomic mass is 35.5. The predicted molar refractivity (Wildman–Crippen MR) is 74.2 cm³/mol. The Balaban J connectivity index is 2.69. The quantitative estimate of drug-likeness (QED) is 0.872. The van der Waals surface area contributed by atoms with Crippen LogP contribution in [0.25, 0.3) is 0 Å². The van der Waals surface area contributed by atoms with Crippen LogP contribution in [0.5, 0.6) is 0 Å². The first-order chi connectivity index (χ1) is 8.95. The lowest BCUT2D eigenvalue weighted by Gasteiger charge is -2.23. The second-order valence-corrected chi connectivity index (χ2v) is 4.85. The molecule has 0 aromatic heterocycles. The minimum Gasteiger partial charge on any atom is -0.481 e. The van der Waals surface area contributed by atoms with Gasteiger partial charge in [-0.25, -0.2) is 0 Å². The highest BCUT2D eigenvalue weighted by molar-refractivity contribution is 6.31. The van der Waals surface area contributed by atoms with Gasteiger partial charge in [0.25, 0.3) is 0 Å². The Morgan fingerprint density at radius 1 is 1.37 bits per heavy atom. The van der Waals surface area contributed by atoms with Gasteiger partial charge in [0.05, 0.1) is 12.3 Å². The van der Waals surface area contributed by atoms with Crippen molar-refractivity contribution in [1.82, 2.24) is 4.90 Å². The number of hydrogen-bond acceptors (Lipinski definition) is 2. The molecule has 0 spiro atoms. The minimum absolute atomic E-state index is 0.108. The molecule has 19 heavy (non-hydrogen) atoms. The summed E-state index contributed by atoms with van der Waals surface area (Å²) in [6, 6.07) is 7.17. The van der Waals surface area contributed by atoms with Gasteiger partial charge in [-0.1, -0.05) is 36.7 Å². The van der Waals surface area contributed by atoms with Crippen molar-refractivity contribution in [2.24, 2.45) is 5.92 Å². The van der Waals surface area contributed by atoms with Crippen molar-refractivity contribution in [3.05, 3.63) is 34.9 Å². The van der Waals surface area contributed by atoms with E-state index in [1.54, 1.807) is 30.0 Å². The molecule has 0 aliphatic heterocycles. The molecule has 1 aromatic carbocycles. The van der Waals surface area contributed by atoms with E-state index in [-0.39, 0.29) is 18.9 Å². The topological polar surface area (TPSA) is 57.6 Å². The number of benzene rings is 1. The van der Waals surface area contributed by atoms with Gasteiger partial charge in [0, 0.05) is 18.1 Å². The van der Waals surface area contributed by atoms with Crippen LogP contribution in [0.15, 0.2) is 24.3 Å². The van der Waals surface area contributed by atoms with Gasteiger partial charge in [0.15, 0.2) is 0 Å². The lowest BCUT2D eigenvalue weighted by atomic mass is 10.1. The SMILES string of the molecule is CCN(CC(C)C(=O)O)C(=O)Cc1ccccc1Cl. The lowest BCUT2D eigenvalue weighted by Crippen LogP contribution is -2.37. The van der Waals surface area contributed by atoms with Gasteiger partial charge in [0.1, 0.15) is 0 Å². The number of hydrogen-bond donors (Lipinski definition) is 1. The Hall–Kier alpha value is -1.55. The third-order valence-corrected chi connectivity index (χ3v) is 3.32. The molecule has 0 aliphatic rings. The normalized spacial score (nSPS) is 11.9. The van der Waals surface area contributed by atoms with Crippen LogP contribution < -0.4 is 0 Å². The summed E-state index contributed by atoms with van der Waals surface area (Å²) in [6.07, 6.45) is 0.194. The monoisotopic (exact) mass is 283 g/mol. The van der Waals surface area contributed by atoms with Gasteiger partial charge in [-0.3, -0.25) is 9.59 Å². The third-order valence-electron chi connectivity index (χ3n) is 2.95. The number of carboxylic acids is 1. The van der Waals surface area contributed by atoms with E-state index in [4.69, 9.17) is 16.7 Å². The molecule has 1 rings (SSSR count). The van der Waals surface area contributed by atoms with Crippen LogP contribution >= 0.6 is 11.6 Å². The maximum Gasteiger partial charge on any atom is 0.308 e. The van der Waals surface area contributed by atoms with Crippen molar-refractivity contribution in [1.29, 1.82) is 0 Å². The van der Waals surface area contributed by atoms with Gasteiger partial charge in [-0.15, -0.1) is 0 Å². The standard InChI is InChI=1S/C14H18ClNO3/c1-3-16(9-10(2)14(18)19)13(17)8-11-6-4-5-7-12(11)15/h4-7,10H,3,8-9H2,1-2H3,(H,18,19). The fourth-order valence-electron chi connectivity index (χ4n) is 1.73. The number of aliphatic carboxylic acids is 1. The summed E-state index contributed by atoms with van der Waals surface area (Å²) >= 11 is 6.01. The van der Waals surface area contributed by atoms with Crippen molar-refractivity contribution in [2.45, 2.75) is 20.3 Å². The third kappa shape index (κ3) is 4.56. The number of rotatable bonds is 6. The number of carboxylic acid groups (broad SMARTS) is 1. The molecule has 1 N–H and O–H groups in total. The number of halogens is 1. The largest absolute Gasteiger partial charge is 0.481 e. The summed E-state index contributed by atoms with van der Waals surface area (Å²) in [7, 11) is 0. The molecule has 104 valence electrons. The Labute approximate surface area is 118 Å². The average molecular weight is 284 g/mol. The van der Waals surface area contributed by atoms with Crippen molar-refractivity contribution < 1.29 is 14.7 Å². The first-order valence-electron chi connectivity index (χ1n) is 6.19. The Morgan fingerprint density at radius 3 is 2.53 bits per heavy atom. The zero-order chi connectivity index (χ0) is 14.4. The van der Waals surface area contributed by atoms with E-state index in [0.717, 1.165) is 5.56 Å². The summed E-state index contributed by atoms with van der Waals surface area (Å²) < 4.78 is 0. The van der Waals surface area contributed by atoms with Gasteiger partial charge < -0.3 is 10.0 Å². The van der Waals surface area contributed by atoms with E-state index in [1.807, 2.05) is 13.0 Å². The van der Waals surface area contributed by atoms with E-state index >= 15 is 0 Å². The number of carbonyl (C=O) groups is 2. The summed E-state index contributed by atoms with van der Waals surface area (Å²) in [4.78, 5) is 24.5. The molecule has 1 unspecified atom stereocenters. The van der Waals surface area contributed by atoms with E-state index in [0.29, 0.717) is 11.6 Å². The molecule has 1 atom stereocenters. The second kappa shape index (κ2) is 7.14. The van der Waals surface area contributed by atoms with E-state index in [2.05, 4.69) is 0 Å². The lowest BCUT2D eigenvalue weighted by molar-refractivity contribution is -0.142. The fourth-order valence-corrected chi connectivity index (χ4v) is 1.93. The molecule has 0 heterocycles. The molecule has 0 saturated carbocycles. The molecule has 0 aliphatic carbocycles. The van der Waals surface area contributed by atoms with Gasteiger partial charge in [0.2, 0.25) is 5.91 Å². The highest BCUT2D eigenvalue weighted by Crippen LogP contribution is 2.16. The summed E-state index contributed by atoms with van der Waals surface area (Å²) in [6.45, 7) is 4.13. The molecule has 0 saturated heterocycles. The number of likely N-dealkylation sites (N-methyl/N-ethyl adjacent to an activating group) is 1. The summed E-state index contributed by atoms with van der Waals surface area (Å²) in [5, 5.41) is 9.44. The van der Waals surface area contributed by atoms with E-state index in [1.165, 1.54) is 0 Å². The molecule has 0 radical (unpaired) electrons. The first kappa shape index (κ1) is 15.5. The van der Waals surface area contributed by atoms with Crippen LogP contribution in [0, 0.1) is 5.92 Å². The van der Waals surface area contributed by atoms with Crippen LogP contribution in [0.3, 0.4) is 0 Å². The minimum atomic E-state index is -0.899. The molecule has 1 aromatic rings. The van der Waals surface area contributed by atoms with Gasteiger partial charge in [-0.2, -0.15) is 0 Å². The van der Waals surface area contributed by atoms with Crippen LogP contribution in [-0.4, -0.2) is 35.0 Å². The Morgan fingerprint density at radius 2 is 2.00 bits per heavy atom. The number of carbonyl (C=O) groups excluding carboxylic acids is 1. The van der Waals surface area contributed by atoms with E-state index in [9.17, 15) is 9.59 Å². The number of nitrogens with zero attached hydrogens (tertiary/aromatic N) is 1. The molecule has 0 bridgehead atoms. The highest BCUT2D eigenvalue weighted by Gasteiger charge is 2.19. The molecular weight excluding hydrogens is 266 g/mol.